The van der Waals surface area contributed by atoms with E-state index in [2.05, 4.69) is 37.1 Å². The van der Waals surface area contributed by atoms with Crippen LogP contribution in [-0.4, -0.2) is 45.3 Å². The molecule has 0 aliphatic carbocycles. The van der Waals surface area contributed by atoms with Gasteiger partial charge in [-0.1, -0.05) is 59.3 Å². The van der Waals surface area contributed by atoms with Gasteiger partial charge in [0.15, 0.2) is 0 Å². The third-order valence-corrected chi connectivity index (χ3v) is 6.91. The zero-order valence-electron chi connectivity index (χ0n) is 22.2. The van der Waals surface area contributed by atoms with Gasteiger partial charge in [-0.3, -0.25) is 14.9 Å². The molecule has 2 unspecified atom stereocenters. The third-order valence-electron chi connectivity index (χ3n) is 6.62. The van der Waals surface area contributed by atoms with Gasteiger partial charge in [0.2, 0.25) is 0 Å². The molecule has 0 saturated heterocycles. The number of H-pyrrole nitrogens is 1. The highest BCUT2D eigenvalue weighted by molar-refractivity contribution is 6.35. The molecule has 3 aromatic carbocycles. The Bertz CT molecular complexity index is 1700. The predicted octanol–water partition coefficient (Wildman–Crippen LogP) is 5.95. The van der Waals surface area contributed by atoms with Crippen molar-refractivity contribution in [2.24, 2.45) is 0 Å². The van der Waals surface area contributed by atoms with Crippen molar-refractivity contribution in [3.63, 3.8) is 0 Å². The molecule has 2 heterocycles. The van der Waals surface area contributed by atoms with Gasteiger partial charge in [-0.15, -0.1) is 5.10 Å². The van der Waals surface area contributed by atoms with E-state index in [1.54, 1.807) is 32.4 Å². The number of amides is 1. The Labute approximate surface area is 236 Å². The number of nitrogens with zero attached hydrogens (tertiary/aromatic N) is 5. The van der Waals surface area contributed by atoms with E-state index in [1.165, 1.54) is 11.1 Å². The van der Waals surface area contributed by atoms with Gasteiger partial charge in [0.1, 0.15) is 11.8 Å². The van der Waals surface area contributed by atoms with Crippen LogP contribution in [0, 0.1) is 11.3 Å². The van der Waals surface area contributed by atoms with Crippen molar-refractivity contribution in [2.45, 2.75) is 19.0 Å². The van der Waals surface area contributed by atoms with Crippen molar-refractivity contribution >= 4 is 39.8 Å². The lowest BCUT2D eigenvalue weighted by Gasteiger charge is -2.22. The molecule has 0 aliphatic heterocycles. The molecular formula is C30H27ClN8O. The molecule has 1 amide bonds. The molecule has 10 heteroatoms. The van der Waals surface area contributed by atoms with Crippen LogP contribution >= 0.6 is 11.6 Å². The summed E-state index contributed by atoms with van der Waals surface area (Å²) in [6.07, 6.45) is 3.23. The lowest BCUT2D eigenvalue weighted by molar-refractivity contribution is 0.0827. The number of nitrogens with one attached hydrogen (secondary N) is 3. The summed E-state index contributed by atoms with van der Waals surface area (Å²) in [7, 11) is 3.43. The Morgan fingerprint density at radius 3 is 2.52 bits per heavy atom. The van der Waals surface area contributed by atoms with E-state index in [9.17, 15) is 10.1 Å². The summed E-state index contributed by atoms with van der Waals surface area (Å²) >= 11 is 6.74. The van der Waals surface area contributed by atoms with Gasteiger partial charge < -0.3 is 15.5 Å². The second kappa shape index (κ2) is 11.4. The van der Waals surface area contributed by atoms with E-state index in [4.69, 9.17) is 11.6 Å². The van der Waals surface area contributed by atoms with E-state index in [0.717, 1.165) is 11.1 Å². The van der Waals surface area contributed by atoms with Crippen LogP contribution in [0.3, 0.4) is 0 Å². The molecule has 0 spiro atoms. The van der Waals surface area contributed by atoms with Crippen molar-refractivity contribution in [3.05, 3.63) is 112 Å². The van der Waals surface area contributed by atoms with Gasteiger partial charge in [0.05, 0.1) is 27.8 Å². The molecule has 0 radical (unpaired) electrons. The number of carbonyl (C=O) groups is 1. The number of fused-ring (bicyclic) bond motifs is 1. The predicted molar refractivity (Wildman–Crippen MR) is 156 cm³/mol. The van der Waals surface area contributed by atoms with E-state index < -0.39 is 6.04 Å². The van der Waals surface area contributed by atoms with Gasteiger partial charge in [0, 0.05) is 49.2 Å². The fourth-order valence-corrected chi connectivity index (χ4v) is 4.85. The molecule has 0 aliphatic rings. The number of hydrogen-bond acceptors (Lipinski definition) is 7. The summed E-state index contributed by atoms with van der Waals surface area (Å²) in [5.74, 6) is -0.104. The summed E-state index contributed by atoms with van der Waals surface area (Å²) in [5, 5.41) is 28.9. The van der Waals surface area contributed by atoms with Crippen LogP contribution in [0.25, 0.3) is 10.9 Å². The fraction of sp³-hybridized carbons (Fsp3) is 0.167. The number of anilines is 2. The second-order valence-corrected chi connectivity index (χ2v) is 10.00. The highest BCUT2D eigenvalue weighted by Crippen LogP contribution is 2.36. The first-order chi connectivity index (χ1) is 19.4. The highest BCUT2D eigenvalue weighted by atomic mass is 35.5. The number of hydrogen-bond donors (Lipinski definition) is 3. The van der Waals surface area contributed by atoms with Crippen LogP contribution in [0.15, 0.2) is 79.1 Å². The van der Waals surface area contributed by atoms with Gasteiger partial charge in [0.25, 0.3) is 5.91 Å². The van der Waals surface area contributed by atoms with Gasteiger partial charge >= 0.3 is 0 Å². The Morgan fingerprint density at radius 1 is 1.05 bits per heavy atom. The topological polar surface area (TPSA) is 123 Å². The molecule has 5 rings (SSSR count). The number of pyridine rings is 1. The van der Waals surface area contributed by atoms with Gasteiger partial charge in [-0.2, -0.15) is 5.26 Å². The molecule has 0 saturated carbocycles. The average molecular weight is 551 g/mol. The Morgan fingerprint density at radius 2 is 1.82 bits per heavy atom. The standard InChI is InChI=1S/C30H27ClN8O/c1-18(19-8-5-4-6-9-19)35-27-22(15-32)16-33-29-24(27)13-23(14-25(29)31)36-28(26-17-34-38-37-26)20-10-7-11-21(12-20)30(40)39(2)3/h4-14,16-18,28,36H,1-3H3,(H,33,35)(H,34,37,38). The maximum absolute atomic E-state index is 12.7. The smallest absolute Gasteiger partial charge is 0.253 e. The fourth-order valence-electron chi connectivity index (χ4n) is 4.58. The first-order valence-corrected chi connectivity index (χ1v) is 13.0. The molecule has 5 aromatic rings. The summed E-state index contributed by atoms with van der Waals surface area (Å²) < 4.78 is 0. The Kier molecular flexibility index (Phi) is 7.62. The number of aromatic amines is 1. The summed E-state index contributed by atoms with van der Waals surface area (Å²) in [5.41, 5.74) is 5.39. The number of nitriles is 1. The number of benzene rings is 3. The number of rotatable bonds is 8. The zero-order valence-corrected chi connectivity index (χ0v) is 22.9. The van der Waals surface area contributed by atoms with E-state index >= 15 is 0 Å². The van der Waals surface area contributed by atoms with Crippen molar-refractivity contribution < 1.29 is 4.79 Å². The minimum atomic E-state index is -0.450. The largest absolute Gasteiger partial charge is 0.377 e. The zero-order chi connectivity index (χ0) is 28.2. The summed E-state index contributed by atoms with van der Waals surface area (Å²) in [4.78, 5) is 18.7. The van der Waals surface area contributed by atoms with Gasteiger partial charge in [-0.25, -0.2) is 0 Å². The van der Waals surface area contributed by atoms with Crippen LogP contribution in [0.2, 0.25) is 5.02 Å². The third kappa shape index (κ3) is 5.44. The van der Waals surface area contributed by atoms with Crippen LogP contribution in [0.1, 0.15) is 51.7 Å². The van der Waals surface area contributed by atoms with E-state index in [-0.39, 0.29) is 11.9 Å². The average Bonchev–Trinajstić information content (AvgIpc) is 3.51. The lowest BCUT2D eigenvalue weighted by atomic mass is 10.00. The quantitative estimate of drug-likeness (QED) is 0.218. The van der Waals surface area contributed by atoms with Crippen LogP contribution in [0.5, 0.6) is 0 Å². The van der Waals surface area contributed by atoms with Crippen LogP contribution < -0.4 is 10.6 Å². The molecule has 40 heavy (non-hydrogen) atoms. The maximum atomic E-state index is 12.7. The van der Waals surface area contributed by atoms with Crippen LogP contribution in [-0.2, 0) is 0 Å². The van der Waals surface area contributed by atoms with Crippen molar-refractivity contribution in [3.8, 4) is 6.07 Å². The molecule has 200 valence electrons. The molecule has 2 atom stereocenters. The van der Waals surface area contributed by atoms with E-state index in [0.29, 0.717) is 44.1 Å². The number of aromatic nitrogens is 4. The second-order valence-electron chi connectivity index (χ2n) is 9.59. The molecule has 2 aromatic heterocycles. The molecule has 0 bridgehead atoms. The van der Waals surface area contributed by atoms with Crippen molar-refractivity contribution in [2.75, 3.05) is 24.7 Å². The molecular weight excluding hydrogens is 524 g/mol. The van der Waals surface area contributed by atoms with Crippen molar-refractivity contribution in [1.29, 1.82) is 5.26 Å². The first-order valence-electron chi connectivity index (χ1n) is 12.6. The molecule has 9 nitrogen and oxygen atoms in total. The maximum Gasteiger partial charge on any atom is 0.253 e. The SMILES string of the molecule is CC(Nc1c(C#N)cnc2c(Cl)cc(NC(c3cccc(C(=O)N(C)C)c3)c3c[nH]nn3)cc12)c1ccccc1. The number of carbonyl (C=O) groups excluding carboxylic acids is 1. The van der Waals surface area contributed by atoms with E-state index in [1.807, 2.05) is 61.5 Å². The Hall–Kier alpha value is -4.94. The lowest BCUT2D eigenvalue weighted by Crippen LogP contribution is -2.22. The molecule has 0 fully saturated rings. The minimum Gasteiger partial charge on any atom is -0.377 e. The van der Waals surface area contributed by atoms with Crippen molar-refractivity contribution in [1.82, 2.24) is 25.3 Å². The monoisotopic (exact) mass is 550 g/mol. The normalized spacial score (nSPS) is 12.4. The summed E-state index contributed by atoms with van der Waals surface area (Å²) in [6.45, 7) is 2.04. The minimum absolute atomic E-state index is 0.0749. The summed E-state index contributed by atoms with van der Waals surface area (Å²) in [6, 6.07) is 22.8. The first kappa shape index (κ1) is 26.7. The van der Waals surface area contributed by atoms with Crippen LogP contribution in [0.4, 0.5) is 11.4 Å². The highest BCUT2D eigenvalue weighted by Gasteiger charge is 2.21. The molecule has 3 N–H and O–H groups in total. The van der Waals surface area contributed by atoms with Gasteiger partial charge in [-0.05, 0) is 42.3 Å². The number of halogens is 1. The Balaban J connectivity index is 1.58.